The van der Waals surface area contributed by atoms with Crippen molar-refractivity contribution in [3.8, 4) is 0 Å². The second-order valence-corrected chi connectivity index (χ2v) is 32.9. The van der Waals surface area contributed by atoms with Crippen molar-refractivity contribution in [1.29, 1.82) is 0 Å². The van der Waals surface area contributed by atoms with Crippen molar-refractivity contribution in [3.63, 3.8) is 0 Å². The Morgan fingerprint density at radius 1 is 0.258 bits per heavy atom. The number of phosphoric acid groups is 2. The highest BCUT2D eigenvalue weighted by molar-refractivity contribution is 7.47. The van der Waals surface area contributed by atoms with E-state index in [9.17, 15) is 43.2 Å². The fourth-order valence-corrected chi connectivity index (χ4v) is 13.5. The van der Waals surface area contributed by atoms with Crippen molar-refractivity contribution >= 4 is 39.5 Å². The van der Waals surface area contributed by atoms with Crippen molar-refractivity contribution in [2.45, 2.75) is 414 Å². The Labute approximate surface area is 594 Å². The van der Waals surface area contributed by atoms with Crippen LogP contribution in [0.3, 0.4) is 0 Å². The number of carbonyl (C=O) groups is 4. The molecule has 0 aromatic carbocycles. The van der Waals surface area contributed by atoms with Crippen LogP contribution in [0.4, 0.5) is 0 Å². The van der Waals surface area contributed by atoms with Crippen LogP contribution < -0.4 is 0 Å². The highest BCUT2D eigenvalue weighted by Crippen LogP contribution is 2.45. The van der Waals surface area contributed by atoms with E-state index in [-0.39, 0.29) is 25.7 Å². The maximum Gasteiger partial charge on any atom is 0.472 e. The number of ether oxygens (including phenoxy) is 4. The molecule has 0 saturated carbocycles. The number of unbranched alkanes of at least 4 members (excludes halogenated alkanes) is 41. The molecule has 0 aliphatic carbocycles. The van der Waals surface area contributed by atoms with Crippen molar-refractivity contribution < 1.29 is 80.2 Å². The molecule has 0 heterocycles. The summed E-state index contributed by atoms with van der Waals surface area (Å²) in [6.07, 6.45) is 52.7. The first-order chi connectivity index (χ1) is 46.6. The molecule has 0 fully saturated rings. The van der Waals surface area contributed by atoms with Crippen molar-refractivity contribution in [1.82, 2.24) is 0 Å². The molecule has 0 aromatic rings. The predicted octanol–water partition coefficient (Wildman–Crippen LogP) is 22.8. The molecule has 17 nitrogen and oxygen atoms in total. The van der Waals surface area contributed by atoms with Gasteiger partial charge >= 0.3 is 39.5 Å². The Balaban J connectivity index is 5.25. The monoisotopic (exact) mass is 1420 g/mol. The molecule has 97 heavy (non-hydrogen) atoms. The van der Waals surface area contributed by atoms with Gasteiger partial charge in [0.05, 0.1) is 26.4 Å². The number of carbonyl (C=O) groups excluding carboxylic acids is 4. The normalized spacial score (nSPS) is 14.1. The zero-order valence-electron chi connectivity index (χ0n) is 63.7. The van der Waals surface area contributed by atoms with Gasteiger partial charge in [0.15, 0.2) is 12.2 Å². The molecule has 0 aliphatic heterocycles. The molecule has 0 aliphatic rings. The topological polar surface area (TPSA) is 237 Å². The van der Waals surface area contributed by atoms with Crippen LogP contribution in [0.25, 0.3) is 0 Å². The maximum absolute atomic E-state index is 13.1. The number of phosphoric ester groups is 2. The second kappa shape index (κ2) is 67.2. The minimum absolute atomic E-state index is 0.105. The molecule has 0 saturated heterocycles. The van der Waals surface area contributed by atoms with Crippen molar-refractivity contribution in [3.05, 3.63) is 0 Å². The Morgan fingerprint density at radius 2 is 0.433 bits per heavy atom. The molecule has 0 rings (SSSR count). The number of aliphatic hydroxyl groups is 1. The van der Waals surface area contributed by atoms with Crippen LogP contribution in [0.5, 0.6) is 0 Å². The van der Waals surface area contributed by atoms with Gasteiger partial charge in [0.2, 0.25) is 0 Å². The van der Waals surface area contributed by atoms with E-state index in [4.69, 9.17) is 37.0 Å². The molecule has 3 unspecified atom stereocenters. The van der Waals surface area contributed by atoms with Crippen molar-refractivity contribution in [2.75, 3.05) is 39.6 Å². The first kappa shape index (κ1) is 95.1. The van der Waals surface area contributed by atoms with E-state index >= 15 is 0 Å². The summed E-state index contributed by atoms with van der Waals surface area (Å²) in [5.41, 5.74) is 0. The number of esters is 4. The Bertz CT molecular complexity index is 1900. The summed E-state index contributed by atoms with van der Waals surface area (Å²) in [6, 6.07) is 0. The average Bonchev–Trinajstić information content (AvgIpc) is 1.72. The standard InChI is InChI=1S/C78H152O17P2/c1-68(2)54-46-38-30-22-16-13-11-9-10-12-14-18-26-36-44-52-60-77(82)94-73(64-88-75(80)58-50-42-34-25-19-15-17-23-31-39-47-55-69(3)4)66-92-96(84,85)90-62-72(79)63-91-97(86,87)93-67-74(65-89-76(81)59-51-43-35-29-28-33-41-49-57-71(7)8)95-78(83)61-53-45-37-27-21-20-24-32-40-48-56-70(5)6/h68-74,79H,9-67H2,1-8H3,(H,84,85)(H,86,87)/t72?,73-,74-/m1/s1. The fourth-order valence-electron chi connectivity index (χ4n) is 11.9. The van der Waals surface area contributed by atoms with Crippen LogP contribution in [-0.4, -0.2) is 96.7 Å². The molecular formula is C78H152O17P2. The molecular weight excluding hydrogens is 1270 g/mol. The van der Waals surface area contributed by atoms with Crippen LogP contribution in [0.15, 0.2) is 0 Å². The summed E-state index contributed by atoms with van der Waals surface area (Å²) in [6.45, 7) is 14.2. The third-order valence-electron chi connectivity index (χ3n) is 18.1. The third-order valence-corrected chi connectivity index (χ3v) is 20.0. The smallest absolute Gasteiger partial charge is 0.462 e. The van der Waals surface area contributed by atoms with Gasteiger partial charge in [-0.3, -0.25) is 37.3 Å². The van der Waals surface area contributed by atoms with Crippen molar-refractivity contribution in [2.24, 2.45) is 23.7 Å². The highest BCUT2D eigenvalue weighted by atomic mass is 31.2. The third kappa shape index (κ3) is 72.2. The van der Waals surface area contributed by atoms with Crippen LogP contribution in [0.1, 0.15) is 396 Å². The lowest BCUT2D eigenvalue weighted by molar-refractivity contribution is -0.161. The van der Waals surface area contributed by atoms with E-state index in [1.807, 2.05) is 0 Å². The number of aliphatic hydroxyl groups excluding tert-OH is 1. The first-order valence-electron chi connectivity index (χ1n) is 40.2. The molecule has 0 radical (unpaired) electrons. The van der Waals surface area contributed by atoms with Gasteiger partial charge in [0, 0.05) is 25.7 Å². The van der Waals surface area contributed by atoms with Gasteiger partial charge in [-0.25, -0.2) is 9.13 Å². The van der Waals surface area contributed by atoms with Crippen LogP contribution in [0.2, 0.25) is 0 Å². The molecule has 0 aromatic heterocycles. The molecule has 0 spiro atoms. The van der Waals surface area contributed by atoms with E-state index < -0.39 is 97.5 Å². The minimum Gasteiger partial charge on any atom is -0.462 e. The second-order valence-electron chi connectivity index (χ2n) is 30.0. The Morgan fingerprint density at radius 3 is 0.639 bits per heavy atom. The molecule has 3 N–H and O–H groups in total. The van der Waals surface area contributed by atoms with E-state index in [2.05, 4.69) is 55.4 Å². The first-order valence-corrected chi connectivity index (χ1v) is 43.2. The zero-order valence-corrected chi connectivity index (χ0v) is 65.5. The van der Waals surface area contributed by atoms with Gasteiger partial charge in [-0.15, -0.1) is 0 Å². The molecule has 19 heteroatoms. The lowest BCUT2D eigenvalue weighted by atomic mass is 10.0. The lowest BCUT2D eigenvalue weighted by Crippen LogP contribution is -2.30. The fraction of sp³-hybridized carbons (Fsp3) is 0.949. The number of hydrogen-bond donors (Lipinski definition) is 3. The zero-order chi connectivity index (χ0) is 71.7. The lowest BCUT2D eigenvalue weighted by Gasteiger charge is -2.21. The SMILES string of the molecule is CC(C)CCCCCCCCCCCCCCCCCCC(=O)O[C@H](COC(=O)CCCCCCCCCCCCCC(C)C)COP(=O)(O)OCC(O)COP(=O)(O)OC[C@@H](COC(=O)CCCCCCCCCCC(C)C)OC(=O)CCCCCCCCCCCCC(C)C. The molecule has 5 atom stereocenters. The van der Waals surface area contributed by atoms with E-state index in [0.29, 0.717) is 25.7 Å². The van der Waals surface area contributed by atoms with Gasteiger partial charge in [0.25, 0.3) is 0 Å². The Hall–Kier alpha value is -1.94. The summed E-state index contributed by atoms with van der Waals surface area (Å²) in [5, 5.41) is 10.6. The van der Waals surface area contributed by atoms with Crippen LogP contribution >= 0.6 is 15.6 Å². The Kier molecular flexibility index (Phi) is 65.9. The highest BCUT2D eigenvalue weighted by Gasteiger charge is 2.30. The maximum atomic E-state index is 13.1. The van der Waals surface area contributed by atoms with Gasteiger partial charge in [-0.2, -0.15) is 0 Å². The predicted molar refractivity (Wildman–Crippen MR) is 395 cm³/mol. The van der Waals surface area contributed by atoms with Crippen LogP contribution in [0, 0.1) is 23.7 Å². The number of rotatable bonds is 75. The van der Waals surface area contributed by atoms with E-state index in [0.717, 1.165) is 114 Å². The average molecular weight is 1420 g/mol. The van der Waals surface area contributed by atoms with E-state index in [1.54, 1.807) is 0 Å². The van der Waals surface area contributed by atoms with E-state index in [1.165, 1.54) is 199 Å². The summed E-state index contributed by atoms with van der Waals surface area (Å²) < 4.78 is 68.6. The van der Waals surface area contributed by atoms with Gasteiger partial charge in [-0.1, -0.05) is 344 Å². The van der Waals surface area contributed by atoms with Crippen LogP contribution in [-0.2, 0) is 65.4 Å². The summed E-state index contributed by atoms with van der Waals surface area (Å²) in [4.78, 5) is 72.9. The number of hydrogen-bond acceptors (Lipinski definition) is 15. The molecule has 0 amide bonds. The minimum atomic E-state index is -4.96. The summed E-state index contributed by atoms with van der Waals surface area (Å²) in [5.74, 6) is 0.940. The molecule has 0 bridgehead atoms. The van der Waals surface area contributed by atoms with Gasteiger partial charge in [-0.05, 0) is 49.4 Å². The quantitative estimate of drug-likeness (QED) is 0.0222. The largest absolute Gasteiger partial charge is 0.472 e. The summed E-state index contributed by atoms with van der Waals surface area (Å²) in [7, 11) is -9.92. The summed E-state index contributed by atoms with van der Waals surface area (Å²) >= 11 is 0. The van der Waals surface area contributed by atoms with Gasteiger partial charge < -0.3 is 33.8 Å². The molecule has 576 valence electrons. The van der Waals surface area contributed by atoms with Gasteiger partial charge in [0.1, 0.15) is 19.3 Å².